The zero-order chi connectivity index (χ0) is 21.7. The number of methoxy groups -OCH3 is 2. The highest BCUT2D eigenvalue weighted by atomic mass is 32.2. The topological polar surface area (TPSA) is 88.1 Å². The molecule has 7 nitrogen and oxygen atoms in total. The van der Waals surface area contributed by atoms with Gasteiger partial charge in [-0.15, -0.1) is 0 Å². The SMILES string of the molecule is COc1cc(/C=C2\SC(=S)N(CC(=O)NCc3ccccc3)C2=O)cc(OC)c1O. The first-order valence-electron chi connectivity index (χ1n) is 8.94. The number of amides is 2. The van der Waals surface area contributed by atoms with Gasteiger partial charge in [0.1, 0.15) is 10.9 Å². The molecule has 1 fully saturated rings. The number of carbonyl (C=O) groups excluding carboxylic acids is 2. The van der Waals surface area contributed by atoms with Gasteiger partial charge in [-0.1, -0.05) is 54.3 Å². The Morgan fingerprint density at radius 1 is 1.20 bits per heavy atom. The lowest BCUT2D eigenvalue weighted by Crippen LogP contribution is -2.39. The average Bonchev–Trinajstić information content (AvgIpc) is 3.01. The van der Waals surface area contributed by atoms with Crippen molar-refractivity contribution >= 4 is 46.2 Å². The summed E-state index contributed by atoms with van der Waals surface area (Å²) in [5.74, 6) is -0.345. The van der Waals surface area contributed by atoms with E-state index in [0.717, 1.165) is 17.3 Å². The van der Waals surface area contributed by atoms with Crippen LogP contribution < -0.4 is 14.8 Å². The number of nitrogens with zero attached hydrogens (tertiary/aromatic N) is 1. The number of carbonyl (C=O) groups is 2. The maximum atomic E-state index is 12.8. The molecule has 0 atom stereocenters. The molecule has 0 saturated carbocycles. The maximum absolute atomic E-state index is 12.8. The summed E-state index contributed by atoms with van der Waals surface area (Å²) in [6.07, 6.45) is 1.62. The second kappa shape index (κ2) is 9.64. The van der Waals surface area contributed by atoms with Gasteiger partial charge in [-0.2, -0.15) is 0 Å². The third-order valence-electron chi connectivity index (χ3n) is 4.31. The summed E-state index contributed by atoms with van der Waals surface area (Å²) in [6, 6.07) is 12.7. The van der Waals surface area contributed by atoms with Gasteiger partial charge in [0.25, 0.3) is 5.91 Å². The minimum atomic E-state index is -0.356. The van der Waals surface area contributed by atoms with Crippen molar-refractivity contribution in [1.82, 2.24) is 10.2 Å². The fourth-order valence-electron chi connectivity index (χ4n) is 2.78. The summed E-state index contributed by atoms with van der Waals surface area (Å²) in [5, 5.41) is 12.8. The molecule has 156 valence electrons. The molecule has 0 spiro atoms. The lowest BCUT2D eigenvalue weighted by molar-refractivity contribution is -0.128. The molecule has 0 aromatic heterocycles. The lowest BCUT2D eigenvalue weighted by atomic mass is 10.1. The van der Waals surface area contributed by atoms with Crippen molar-refractivity contribution in [2.75, 3.05) is 20.8 Å². The molecule has 3 rings (SSSR count). The van der Waals surface area contributed by atoms with E-state index >= 15 is 0 Å². The van der Waals surface area contributed by atoms with Crippen LogP contribution in [0.3, 0.4) is 0 Å². The quantitative estimate of drug-likeness (QED) is 0.501. The summed E-state index contributed by atoms with van der Waals surface area (Å²) in [4.78, 5) is 26.7. The number of ether oxygens (including phenoxy) is 2. The second-order valence-corrected chi connectivity index (χ2v) is 7.98. The van der Waals surface area contributed by atoms with Crippen molar-refractivity contribution in [2.45, 2.75) is 6.54 Å². The molecule has 2 amide bonds. The Bertz CT molecular complexity index is 983. The molecule has 1 saturated heterocycles. The van der Waals surface area contributed by atoms with Crippen molar-refractivity contribution in [2.24, 2.45) is 0 Å². The van der Waals surface area contributed by atoms with Crippen LogP contribution in [-0.4, -0.2) is 46.9 Å². The van der Waals surface area contributed by atoms with E-state index in [1.807, 2.05) is 30.3 Å². The number of benzene rings is 2. The third-order valence-corrected chi connectivity index (χ3v) is 5.69. The van der Waals surface area contributed by atoms with E-state index in [4.69, 9.17) is 21.7 Å². The Labute approximate surface area is 183 Å². The summed E-state index contributed by atoms with van der Waals surface area (Å²) in [7, 11) is 2.84. The van der Waals surface area contributed by atoms with Gasteiger partial charge in [0.05, 0.1) is 19.1 Å². The van der Waals surface area contributed by atoms with Crippen LogP contribution in [0.2, 0.25) is 0 Å². The normalized spacial score (nSPS) is 14.9. The van der Waals surface area contributed by atoms with Crippen LogP contribution in [-0.2, 0) is 16.1 Å². The molecule has 0 bridgehead atoms. The van der Waals surface area contributed by atoms with Crippen LogP contribution in [0.15, 0.2) is 47.4 Å². The van der Waals surface area contributed by atoms with Crippen molar-refractivity contribution in [3.05, 3.63) is 58.5 Å². The predicted octanol–water partition coefficient (Wildman–Crippen LogP) is 2.93. The Balaban J connectivity index is 1.70. The van der Waals surface area contributed by atoms with Gasteiger partial charge in [-0.05, 0) is 29.3 Å². The predicted molar refractivity (Wildman–Crippen MR) is 119 cm³/mol. The molecule has 1 aliphatic rings. The average molecular weight is 445 g/mol. The van der Waals surface area contributed by atoms with Crippen LogP contribution in [0.4, 0.5) is 0 Å². The molecule has 2 aromatic carbocycles. The Morgan fingerprint density at radius 2 is 1.83 bits per heavy atom. The van der Waals surface area contributed by atoms with Gasteiger partial charge >= 0.3 is 0 Å². The third kappa shape index (κ3) is 4.92. The number of phenols is 1. The zero-order valence-electron chi connectivity index (χ0n) is 16.4. The fourth-order valence-corrected chi connectivity index (χ4v) is 4.04. The molecule has 9 heteroatoms. The number of nitrogens with one attached hydrogen (secondary N) is 1. The number of thioether (sulfide) groups is 1. The molecule has 1 heterocycles. The summed E-state index contributed by atoms with van der Waals surface area (Å²) >= 11 is 6.39. The molecule has 30 heavy (non-hydrogen) atoms. The molecule has 1 aliphatic heterocycles. The first kappa shape index (κ1) is 21.7. The van der Waals surface area contributed by atoms with E-state index < -0.39 is 0 Å². The van der Waals surface area contributed by atoms with E-state index in [1.54, 1.807) is 18.2 Å². The maximum Gasteiger partial charge on any atom is 0.266 e. The number of hydrogen-bond donors (Lipinski definition) is 2. The number of rotatable bonds is 7. The van der Waals surface area contributed by atoms with Crippen molar-refractivity contribution in [3.63, 3.8) is 0 Å². The van der Waals surface area contributed by atoms with Crippen molar-refractivity contribution in [1.29, 1.82) is 0 Å². The highest BCUT2D eigenvalue weighted by Gasteiger charge is 2.33. The Hall–Kier alpha value is -3.04. The van der Waals surface area contributed by atoms with Gasteiger partial charge in [-0.25, -0.2) is 0 Å². The van der Waals surface area contributed by atoms with E-state index in [-0.39, 0.29) is 35.6 Å². The number of hydrogen-bond acceptors (Lipinski definition) is 7. The fraction of sp³-hybridized carbons (Fsp3) is 0.190. The van der Waals surface area contributed by atoms with Crippen LogP contribution >= 0.6 is 24.0 Å². The van der Waals surface area contributed by atoms with Gasteiger partial charge in [-0.3, -0.25) is 14.5 Å². The highest BCUT2D eigenvalue weighted by molar-refractivity contribution is 8.26. The summed E-state index contributed by atoms with van der Waals surface area (Å²) in [5.41, 5.74) is 1.56. The molecule has 0 aliphatic carbocycles. The molecule has 0 unspecified atom stereocenters. The molecular weight excluding hydrogens is 424 g/mol. The number of thiocarbonyl (C=S) groups is 1. The van der Waals surface area contributed by atoms with E-state index in [2.05, 4.69) is 5.32 Å². The van der Waals surface area contributed by atoms with Crippen LogP contribution in [0.25, 0.3) is 6.08 Å². The van der Waals surface area contributed by atoms with Gasteiger partial charge in [0.2, 0.25) is 11.7 Å². The first-order valence-corrected chi connectivity index (χ1v) is 10.2. The van der Waals surface area contributed by atoms with Crippen molar-refractivity contribution < 1.29 is 24.2 Å². The largest absolute Gasteiger partial charge is 0.502 e. The smallest absolute Gasteiger partial charge is 0.266 e. The van der Waals surface area contributed by atoms with Crippen LogP contribution in [0, 0.1) is 0 Å². The minimum absolute atomic E-state index is 0.125. The van der Waals surface area contributed by atoms with E-state index in [9.17, 15) is 14.7 Å². The lowest BCUT2D eigenvalue weighted by Gasteiger charge is -2.14. The first-order chi connectivity index (χ1) is 14.4. The van der Waals surface area contributed by atoms with Crippen LogP contribution in [0.1, 0.15) is 11.1 Å². The van der Waals surface area contributed by atoms with Crippen LogP contribution in [0.5, 0.6) is 17.2 Å². The van der Waals surface area contributed by atoms with Gasteiger partial charge in [0.15, 0.2) is 11.5 Å². The summed E-state index contributed by atoms with van der Waals surface area (Å²) in [6.45, 7) is 0.217. The molecule has 0 radical (unpaired) electrons. The van der Waals surface area contributed by atoms with Gasteiger partial charge < -0.3 is 19.9 Å². The minimum Gasteiger partial charge on any atom is -0.502 e. The Morgan fingerprint density at radius 3 is 2.43 bits per heavy atom. The molecule has 2 aromatic rings. The monoisotopic (exact) mass is 444 g/mol. The van der Waals surface area contributed by atoms with Gasteiger partial charge in [0, 0.05) is 6.54 Å². The highest BCUT2D eigenvalue weighted by Crippen LogP contribution is 2.39. The Kier molecular flexibility index (Phi) is 6.96. The standard InChI is InChI=1S/C21H20N2O5S2/c1-27-15-8-14(9-16(28-2)19(15)25)10-17-20(26)23(21(29)30-17)12-18(24)22-11-13-6-4-3-5-7-13/h3-10,25H,11-12H2,1-2H3,(H,22,24)/b17-10-. The van der Waals surface area contributed by atoms with E-state index in [0.29, 0.717) is 21.3 Å². The number of aromatic hydroxyl groups is 1. The van der Waals surface area contributed by atoms with Crippen molar-refractivity contribution in [3.8, 4) is 17.2 Å². The summed E-state index contributed by atoms with van der Waals surface area (Å²) < 4.78 is 10.6. The second-order valence-electron chi connectivity index (χ2n) is 6.30. The van der Waals surface area contributed by atoms with E-state index in [1.165, 1.54) is 19.1 Å². The molecular formula is C21H20N2O5S2. The zero-order valence-corrected chi connectivity index (χ0v) is 18.0. The molecule has 2 N–H and O–H groups in total. The number of phenolic OH excluding ortho intramolecular Hbond substituents is 1.